The van der Waals surface area contributed by atoms with Crippen LogP contribution >= 0.6 is 0 Å². The zero-order chi connectivity index (χ0) is 33.5. The Balaban J connectivity index is 1.13. The second-order valence-corrected chi connectivity index (χ2v) is 15.4. The molecule has 0 unspecified atom stereocenters. The van der Waals surface area contributed by atoms with E-state index in [-0.39, 0.29) is 14.5 Å². The summed E-state index contributed by atoms with van der Waals surface area (Å²) in [5.74, 6) is 1.79. The van der Waals surface area contributed by atoms with E-state index in [0.717, 1.165) is 22.6 Å². The van der Waals surface area contributed by atoms with E-state index in [1.54, 1.807) is 12.5 Å². The molecule has 3 heterocycles. The van der Waals surface area contributed by atoms with Gasteiger partial charge in [0.2, 0.25) is 0 Å². The Morgan fingerprint density at radius 2 is 0.706 bits per heavy atom. The molecule has 0 N–H and O–H groups in total. The van der Waals surface area contributed by atoms with Gasteiger partial charge in [-0.15, -0.1) is 0 Å². The molecule has 0 saturated carbocycles. The van der Waals surface area contributed by atoms with Gasteiger partial charge in [0.25, 0.3) is 0 Å². The van der Waals surface area contributed by atoms with Crippen molar-refractivity contribution in [3.8, 4) is 44.9 Å². The Morgan fingerprint density at radius 1 is 0.294 bits per heavy atom. The van der Waals surface area contributed by atoms with Gasteiger partial charge < -0.3 is 0 Å². The van der Waals surface area contributed by atoms with E-state index in [4.69, 9.17) is 8.83 Å². The molecule has 0 aliphatic carbocycles. The van der Waals surface area contributed by atoms with Gasteiger partial charge in [0.05, 0.1) is 0 Å². The fraction of sp³-hybridized carbons (Fsp3) is 0. The summed E-state index contributed by atoms with van der Waals surface area (Å²) in [4.78, 5) is 0. The maximum absolute atomic E-state index is 5.99. The van der Waals surface area contributed by atoms with Crippen LogP contribution in [0.2, 0.25) is 0 Å². The van der Waals surface area contributed by atoms with Gasteiger partial charge in [-0.2, -0.15) is 0 Å². The van der Waals surface area contributed by atoms with Crippen LogP contribution in [0.4, 0.5) is 0 Å². The van der Waals surface area contributed by atoms with Crippen LogP contribution in [0, 0.1) is 0 Å². The van der Waals surface area contributed by atoms with Crippen molar-refractivity contribution >= 4 is 76.9 Å². The summed E-state index contributed by atoms with van der Waals surface area (Å²) in [6.45, 7) is 0. The van der Waals surface area contributed by atoms with Crippen molar-refractivity contribution in [1.29, 1.82) is 0 Å². The summed E-state index contributed by atoms with van der Waals surface area (Å²) >= 11 is 0.201. The predicted octanol–water partition coefficient (Wildman–Crippen LogP) is 13.5. The maximum atomic E-state index is 5.99. The van der Waals surface area contributed by atoms with E-state index < -0.39 is 0 Å². The first-order valence-electron chi connectivity index (χ1n) is 17.2. The summed E-state index contributed by atoms with van der Waals surface area (Å²) in [5, 5.41) is 12.5. The average Bonchev–Trinajstić information content (AvgIpc) is 3.98. The molecule has 0 radical (unpaired) electrons. The van der Waals surface area contributed by atoms with E-state index in [0.29, 0.717) is 0 Å². The number of hydrogen-bond acceptors (Lipinski definition) is 2. The third-order valence-corrected chi connectivity index (χ3v) is 12.8. The zero-order valence-corrected chi connectivity index (χ0v) is 29.1. The van der Waals surface area contributed by atoms with Crippen molar-refractivity contribution in [3.05, 3.63) is 170 Å². The molecule has 0 fully saturated rings. The zero-order valence-electron chi connectivity index (χ0n) is 27.4. The van der Waals surface area contributed by atoms with Gasteiger partial charge >= 0.3 is 301 Å². The molecule has 0 aliphatic rings. The van der Waals surface area contributed by atoms with Crippen LogP contribution in [-0.2, 0) is 0 Å². The van der Waals surface area contributed by atoms with E-state index in [1.165, 1.54) is 84.6 Å². The molecule has 0 saturated heterocycles. The molecule has 0 amide bonds. The van der Waals surface area contributed by atoms with E-state index >= 15 is 0 Å². The summed E-state index contributed by atoms with van der Waals surface area (Å²) in [7, 11) is 0. The molecule has 3 heteroatoms. The van der Waals surface area contributed by atoms with Gasteiger partial charge in [-0.3, -0.25) is 0 Å². The van der Waals surface area contributed by atoms with Gasteiger partial charge in [0.1, 0.15) is 0 Å². The van der Waals surface area contributed by atoms with Gasteiger partial charge in [-0.1, -0.05) is 0 Å². The van der Waals surface area contributed by atoms with E-state index in [1.807, 2.05) is 12.1 Å². The van der Waals surface area contributed by atoms with Crippen LogP contribution in [0.1, 0.15) is 0 Å². The summed E-state index contributed by atoms with van der Waals surface area (Å²) in [5.41, 5.74) is 7.35. The Labute approximate surface area is 299 Å². The minimum absolute atomic E-state index is 0.201. The quantitative estimate of drug-likeness (QED) is 0.134. The minimum atomic E-state index is 0.201. The van der Waals surface area contributed by atoms with Crippen molar-refractivity contribution in [2.45, 2.75) is 0 Å². The SMILES string of the molecule is c1coc(-c2c3ccccc3c(-c3ccc4c(c3)[se]c3ccc(-c5c6ccccc6c(-c6ccco6)c6ccccc56)cc34)c3ccccc23)c1. The van der Waals surface area contributed by atoms with Gasteiger partial charge in [0.15, 0.2) is 0 Å². The number of furan rings is 2. The molecule has 51 heavy (non-hydrogen) atoms. The van der Waals surface area contributed by atoms with Gasteiger partial charge in [-0.25, -0.2) is 0 Å². The first-order chi connectivity index (χ1) is 25.3. The van der Waals surface area contributed by atoms with Crippen molar-refractivity contribution in [3.63, 3.8) is 0 Å². The summed E-state index contributed by atoms with van der Waals surface area (Å²) in [6.07, 6.45) is 3.53. The number of benzene rings is 8. The number of rotatable bonds is 4. The van der Waals surface area contributed by atoms with Crippen molar-refractivity contribution in [2.24, 2.45) is 0 Å². The molecule has 238 valence electrons. The van der Waals surface area contributed by atoms with Crippen molar-refractivity contribution < 1.29 is 8.83 Å². The number of hydrogen-bond donors (Lipinski definition) is 0. The molecule has 0 aliphatic heterocycles. The van der Waals surface area contributed by atoms with Crippen LogP contribution in [0.5, 0.6) is 0 Å². The Hall–Kier alpha value is -6.12. The molecular formula is C48H28O2Se. The van der Waals surface area contributed by atoms with Crippen LogP contribution < -0.4 is 0 Å². The fourth-order valence-electron chi connectivity index (χ4n) is 8.34. The second kappa shape index (κ2) is 11.2. The summed E-state index contributed by atoms with van der Waals surface area (Å²) < 4.78 is 14.8. The predicted molar refractivity (Wildman–Crippen MR) is 215 cm³/mol. The topological polar surface area (TPSA) is 26.3 Å². The van der Waals surface area contributed by atoms with Crippen LogP contribution in [-0.4, -0.2) is 14.5 Å². The third kappa shape index (κ3) is 4.29. The molecule has 11 aromatic rings. The molecular weight excluding hydrogens is 687 g/mol. The normalized spacial score (nSPS) is 11.9. The van der Waals surface area contributed by atoms with Crippen LogP contribution in [0.3, 0.4) is 0 Å². The van der Waals surface area contributed by atoms with Crippen LogP contribution in [0.25, 0.3) is 107 Å². The van der Waals surface area contributed by atoms with Gasteiger partial charge in [0, 0.05) is 0 Å². The van der Waals surface area contributed by atoms with Gasteiger partial charge in [-0.05, 0) is 0 Å². The second-order valence-electron chi connectivity index (χ2n) is 13.2. The molecule has 2 nitrogen and oxygen atoms in total. The molecule has 11 rings (SSSR count). The fourth-order valence-corrected chi connectivity index (χ4v) is 10.7. The average molecular weight is 716 g/mol. The molecule has 0 bridgehead atoms. The molecule has 0 spiro atoms. The van der Waals surface area contributed by atoms with Crippen LogP contribution in [0.15, 0.2) is 179 Å². The van der Waals surface area contributed by atoms with Crippen molar-refractivity contribution in [2.75, 3.05) is 0 Å². The molecule has 3 aromatic heterocycles. The van der Waals surface area contributed by atoms with E-state index in [2.05, 4.69) is 146 Å². The first kappa shape index (κ1) is 28.7. The Bertz CT molecular complexity index is 3010. The third-order valence-electron chi connectivity index (χ3n) is 10.4. The first-order valence-corrected chi connectivity index (χ1v) is 18.9. The Kier molecular flexibility index (Phi) is 6.30. The standard InChI is InChI=1S/C48H28O2Se/c1-5-15-36-32(11-1)45(33-12-2-6-16-37(33)47(36)41-19-9-25-49-41)29-22-24-43-40(27-29)31-23-21-30(28-44(31)51-43)46-34-13-3-7-17-38(34)48(42-20-10-26-50-42)39-18-8-4-14-35(39)46/h1-28H. The number of fused-ring (bicyclic) bond motifs is 7. The molecule has 8 aromatic carbocycles. The summed E-state index contributed by atoms with van der Waals surface area (Å²) in [6, 6.07) is 57.4. The van der Waals surface area contributed by atoms with E-state index in [9.17, 15) is 0 Å². The monoisotopic (exact) mass is 716 g/mol. The Morgan fingerprint density at radius 3 is 1.14 bits per heavy atom. The molecule has 0 atom stereocenters. The van der Waals surface area contributed by atoms with Crippen molar-refractivity contribution in [1.82, 2.24) is 0 Å².